The van der Waals surface area contributed by atoms with E-state index < -0.39 is 0 Å². The molecule has 0 radical (unpaired) electrons. The van der Waals surface area contributed by atoms with E-state index in [0.29, 0.717) is 17.3 Å². The van der Waals surface area contributed by atoms with Crippen LogP contribution in [-0.2, 0) is 6.54 Å². The number of halogens is 1. The van der Waals surface area contributed by atoms with Crippen LogP contribution in [-0.4, -0.2) is 18.7 Å². The number of aromatic nitrogens is 4. The molecule has 21 heavy (non-hydrogen) atoms. The molecular weight excluding hydrogens is 292 g/mol. The highest BCUT2D eigenvalue weighted by Crippen LogP contribution is 2.17. The number of fused-ring (bicyclic) bond motifs is 1. The van der Waals surface area contributed by atoms with Crippen molar-refractivity contribution < 1.29 is 0 Å². The largest absolute Gasteiger partial charge is 0.350 e. The fourth-order valence-electron chi connectivity index (χ4n) is 2.20. The van der Waals surface area contributed by atoms with E-state index in [9.17, 15) is 9.59 Å². The lowest BCUT2D eigenvalue weighted by molar-refractivity contribution is 0.633. The highest BCUT2D eigenvalue weighted by atomic mass is 35.5. The van der Waals surface area contributed by atoms with Gasteiger partial charge in [0.25, 0.3) is 0 Å². The molecule has 0 spiro atoms. The molecule has 108 valence electrons. The van der Waals surface area contributed by atoms with Gasteiger partial charge in [0.15, 0.2) is 0 Å². The van der Waals surface area contributed by atoms with Gasteiger partial charge in [-0.15, -0.1) is 5.10 Å². The maximum atomic E-state index is 12.5. The maximum absolute atomic E-state index is 12.5. The fraction of sp³-hybridized carbons (Fsp3) is 0.214. The predicted molar refractivity (Wildman–Crippen MR) is 80.5 cm³/mol. The molecule has 0 aliphatic carbocycles. The molecule has 0 atom stereocenters. The normalized spacial score (nSPS) is 11.2. The van der Waals surface area contributed by atoms with E-state index >= 15 is 0 Å². The van der Waals surface area contributed by atoms with Gasteiger partial charge in [0.1, 0.15) is 0 Å². The molecule has 0 bridgehead atoms. The Morgan fingerprint density at radius 2 is 2.00 bits per heavy atom. The van der Waals surface area contributed by atoms with Crippen molar-refractivity contribution in [2.24, 2.45) is 0 Å². The lowest BCUT2D eigenvalue weighted by Crippen LogP contribution is -2.23. The topological polar surface area (TPSA) is 61.3 Å². The minimum atomic E-state index is -0.344. The van der Waals surface area contributed by atoms with Crippen LogP contribution in [0.4, 0.5) is 0 Å². The monoisotopic (exact) mass is 304 g/mol. The van der Waals surface area contributed by atoms with E-state index in [-0.39, 0.29) is 16.9 Å². The number of hydrogen-bond acceptors (Lipinski definition) is 3. The molecule has 3 rings (SSSR count). The molecule has 2 aromatic heterocycles. The second-order valence-electron chi connectivity index (χ2n) is 4.70. The lowest BCUT2D eigenvalue weighted by Gasteiger charge is -2.07. The average molecular weight is 305 g/mol. The number of benzene rings is 1. The highest BCUT2D eigenvalue weighted by Gasteiger charge is 2.12. The summed E-state index contributed by atoms with van der Waals surface area (Å²) in [5.41, 5.74) is 1.00. The average Bonchev–Trinajstić information content (AvgIpc) is 2.80. The Balaban J connectivity index is 2.29. The van der Waals surface area contributed by atoms with Gasteiger partial charge >= 0.3 is 11.2 Å². The summed E-state index contributed by atoms with van der Waals surface area (Å²) in [5, 5.41) is 4.70. The quantitative estimate of drug-likeness (QED) is 0.723. The highest BCUT2D eigenvalue weighted by molar-refractivity contribution is 6.31. The van der Waals surface area contributed by atoms with Gasteiger partial charge in [-0.2, -0.15) is 0 Å². The molecule has 6 nitrogen and oxygen atoms in total. The summed E-state index contributed by atoms with van der Waals surface area (Å²) >= 11 is 6.00. The molecule has 2 heterocycles. The van der Waals surface area contributed by atoms with Crippen LogP contribution < -0.4 is 11.2 Å². The van der Waals surface area contributed by atoms with Gasteiger partial charge in [0.05, 0.1) is 0 Å². The Labute approximate surface area is 124 Å². The zero-order valence-electron chi connectivity index (χ0n) is 11.6. The first-order chi connectivity index (χ1) is 10.0. The number of rotatable bonds is 2. The first kappa shape index (κ1) is 13.6. The third-order valence-electron chi connectivity index (χ3n) is 3.36. The zero-order valence-corrected chi connectivity index (χ0v) is 12.3. The summed E-state index contributed by atoms with van der Waals surface area (Å²) < 4.78 is 3.96. The zero-order chi connectivity index (χ0) is 15.1. The van der Waals surface area contributed by atoms with Crippen LogP contribution in [0.5, 0.6) is 0 Å². The molecule has 0 unspecified atom stereocenters. The molecule has 0 N–H and O–H groups in total. The first-order valence-electron chi connectivity index (χ1n) is 6.50. The summed E-state index contributed by atoms with van der Waals surface area (Å²) in [6.45, 7) is 4.08. The van der Waals surface area contributed by atoms with E-state index in [1.165, 1.54) is 13.6 Å². The fourth-order valence-corrected chi connectivity index (χ4v) is 2.31. The van der Waals surface area contributed by atoms with Crippen molar-refractivity contribution in [3.63, 3.8) is 0 Å². The van der Waals surface area contributed by atoms with E-state index in [1.54, 1.807) is 31.5 Å². The molecule has 0 saturated heterocycles. The molecule has 0 amide bonds. The van der Waals surface area contributed by atoms with Crippen LogP contribution in [0.15, 0.2) is 40.2 Å². The van der Waals surface area contributed by atoms with E-state index in [1.807, 2.05) is 13.0 Å². The second-order valence-corrected chi connectivity index (χ2v) is 5.11. The van der Waals surface area contributed by atoms with Gasteiger partial charge < -0.3 is 0 Å². The van der Waals surface area contributed by atoms with E-state index in [0.717, 1.165) is 5.56 Å². The van der Waals surface area contributed by atoms with Crippen LogP contribution >= 0.6 is 11.6 Å². The Kier molecular flexibility index (Phi) is 3.17. The third-order valence-corrected chi connectivity index (χ3v) is 3.79. The smallest absolute Gasteiger partial charge is 0.280 e. The van der Waals surface area contributed by atoms with Gasteiger partial charge in [-0.1, -0.05) is 11.6 Å². The van der Waals surface area contributed by atoms with Crippen LogP contribution in [0.2, 0.25) is 5.02 Å². The van der Waals surface area contributed by atoms with Crippen molar-refractivity contribution in [1.29, 1.82) is 0 Å². The third kappa shape index (κ3) is 2.08. The van der Waals surface area contributed by atoms with Crippen molar-refractivity contribution >= 4 is 17.2 Å². The summed E-state index contributed by atoms with van der Waals surface area (Å²) in [6.07, 6.45) is 3.10. The van der Waals surface area contributed by atoms with Crippen molar-refractivity contribution in [2.45, 2.75) is 20.4 Å². The van der Waals surface area contributed by atoms with Crippen molar-refractivity contribution in [2.75, 3.05) is 0 Å². The Morgan fingerprint density at radius 1 is 1.24 bits per heavy atom. The van der Waals surface area contributed by atoms with Gasteiger partial charge in [-0.25, -0.2) is 13.9 Å². The summed E-state index contributed by atoms with van der Waals surface area (Å²) in [5.74, 6) is 0. The summed E-state index contributed by atoms with van der Waals surface area (Å²) in [6, 6.07) is 5.30. The van der Waals surface area contributed by atoms with Gasteiger partial charge in [0, 0.05) is 29.6 Å². The molecule has 1 aromatic carbocycles. The van der Waals surface area contributed by atoms with Crippen LogP contribution in [0.25, 0.3) is 11.3 Å². The van der Waals surface area contributed by atoms with E-state index in [2.05, 4.69) is 5.10 Å². The Hall–Kier alpha value is -2.34. The van der Waals surface area contributed by atoms with Crippen molar-refractivity contribution in [3.05, 3.63) is 62.0 Å². The summed E-state index contributed by atoms with van der Waals surface area (Å²) in [4.78, 5) is 24.5. The Bertz CT molecular complexity index is 952. The number of hydrogen-bond donors (Lipinski definition) is 0. The Morgan fingerprint density at radius 3 is 2.67 bits per heavy atom. The predicted octanol–water partition coefficient (Wildman–Crippen LogP) is 1.63. The molecule has 0 aliphatic heterocycles. The first-order valence-corrected chi connectivity index (χ1v) is 6.88. The minimum absolute atomic E-state index is 0.108. The van der Waals surface area contributed by atoms with Crippen molar-refractivity contribution in [1.82, 2.24) is 18.7 Å². The standard InChI is InChI=1S/C14H13ClN4O2/c1-3-19-14(21)18-7-6-17(13(20)12(18)16-19)10-4-5-11(15)9(2)8-10/h4-8H,3H2,1-2H3. The molecule has 3 aromatic rings. The van der Waals surface area contributed by atoms with Crippen LogP contribution in [0.3, 0.4) is 0 Å². The van der Waals surface area contributed by atoms with Crippen LogP contribution in [0.1, 0.15) is 12.5 Å². The summed E-state index contributed by atoms with van der Waals surface area (Å²) in [7, 11) is 0. The van der Waals surface area contributed by atoms with Gasteiger partial charge in [-0.3, -0.25) is 9.36 Å². The molecule has 0 saturated carbocycles. The molecule has 0 fully saturated rings. The van der Waals surface area contributed by atoms with Crippen molar-refractivity contribution in [3.8, 4) is 5.69 Å². The second kappa shape index (κ2) is 4.89. The van der Waals surface area contributed by atoms with Gasteiger partial charge in [-0.05, 0) is 37.6 Å². The molecular formula is C14H13ClN4O2. The molecule has 7 heteroatoms. The number of nitrogens with zero attached hydrogens (tertiary/aromatic N) is 4. The van der Waals surface area contributed by atoms with E-state index in [4.69, 9.17) is 11.6 Å². The van der Waals surface area contributed by atoms with Crippen LogP contribution in [0, 0.1) is 6.92 Å². The number of aryl methyl sites for hydroxylation is 2. The molecule has 0 aliphatic rings. The maximum Gasteiger partial charge on any atom is 0.350 e. The SMILES string of the molecule is CCn1nc2c(=O)n(-c3ccc(Cl)c(C)c3)ccn2c1=O. The van der Waals surface area contributed by atoms with Gasteiger partial charge in [0.2, 0.25) is 5.65 Å². The minimum Gasteiger partial charge on any atom is -0.280 e. The lowest BCUT2D eigenvalue weighted by atomic mass is 10.2.